The first-order chi connectivity index (χ1) is 56.7. The number of hydrogen-bond acceptors (Lipinski definition) is 9. The number of allylic oxidation sites excluding steroid dienone is 4. The summed E-state index contributed by atoms with van der Waals surface area (Å²) < 4.78 is 88.9. The zero-order chi connectivity index (χ0) is 88.3. The summed E-state index contributed by atoms with van der Waals surface area (Å²) >= 11 is 0.300. The maximum atomic E-state index is 13.4. The summed E-state index contributed by atoms with van der Waals surface area (Å²) in [5.74, 6) is 0.0653. The quantitative estimate of drug-likeness (QED) is 0.0371. The fourth-order valence-electron chi connectivity index (χ4n) is 19.7. The van der Waals surface area contributed by atoms with Crippen LogP contribution in [0.4, 0.5) is 0 Å². The van der Waals surface area contributed by atoms with Crippen molar-refractivity contribution in [2.45, 2.75) is 553 Å². The Labute approximate surface area is 748 Å². The van der Waals surface area contributed by atoms with Gasteiger partial charge in [0.05, 0.1) is 9.79 Å². The number of aromatic hydroxyl groups is 2. The van der Waals surface area contributed by atoms with Crippen molar-refractivity contribution < 1.29 is 63.7 Å². The number of unbranched alkanes of at least 4 members (excludes halogenated alkanes) is 52. The fourth-order valence-corrected chi connectivity index (χ4v) is 21.7. The van der Waals surface area contributed by atoms with E-state index in [0.717, 1.165) is 151 Å². The van der Waals surface area contributed by atoms with Gasteiger partial charge in [0.1, 0.15) is 31.7 Å². The Morgan fingerprint density at radius 1 is 0.280 bits per heavy atom. The van der Waals surface area contributed by atoms with Crippen LogP contribution in [0.3, 0.4) is 0 Å². The third-order valence-corrected chi connectivity index (χ3v) is 27.2. The number of rotatable bonds is 78. The summed E-state index contributed by atoms with van der Waals surface area (Å²) in [5.41, 5.74) is 4.73. The van der Waals surface area contributed by atoms with Crippen LogP contribution in [0.5, 0.6) is 11.5 Å². The predicted molar refractivity (Wildman–Crippen MR) is 508 cm³/mol. The van der Waals surface area contributed by atoms with Crippen LogP contribution < -0.4 is 0 Å². The third kappa shape index (κ3) is 51.2. The first-order valence-corrected chi connectivity index (χ1v) is 53.8. The third-order valence-electron chi connectivity index (χ3n) is 25.2. The van der Waals surface area contributed by atoms with Crippen molar-refractivity contribution in [3.63, 3.8) is 0 Å². The Kier molecular flexibility index (Phi) is 70.1. The van der Waals surface area contributed by atoms with E-state index in [1.807, 2.05) is 12.2 Å². The molecule has 0 fully saturated rings. The summed E-state index contributed by atoms with van der Waals surface area (Å²) in [7, 11) is -9.74. The molecule has 0 aromatic heterocycles. The minimum absolute atomic E-state index is 0.0326. The van der Waals surface area contributed by atoms with Crippen LogP contribution in [0.25, 0.3) is 0 Å². The fraction of sp³-hybridized carbons (Fsp3) is 0.811. The van der Waals surface area contributed by atoms with Crippen LogP contribution in [0.15, 0.2) is 60.4 Å². The van der Waals surface area contributed by atoms with Crippen LogP contribution in [0.2, 0.25) is 0 Å². The molecule has 0 radical (unpaired) electrons. The zero-order valence-electron chi connectivity index (χ0n) is 79.7. The molecule has 684 valence electrons. The van der Waals surface area contributed by atoms with E-state index in [0.29, 0.717) is 74.4 Å². The van der Waals surface area contributed by atoms with Crippen molar-refractivity contribution in [1.82, 2.24) is 0 Å². The van der Waals surface area contributed by atoms with E-state index < -0.39 is 31.1 Å². The predicted octanol–water partition coefficient (Wildman–Crippen LogP) is 34.1. The molecule has 0 heterocycles. The van der Waals surface area contributed by atoms with E-state index in [1.165, 1.54) is 270 Å². The monoisotopic (exact) mass is 1760 g/mol. The molecule has 118 heavy (non-hydrogen) atoms. The second kappa shape index (κ2) is 71.6. The van der Waals surface area contributed by atoms with Gasteiger partial charge in [-0.2, -0.15) is 0 Å². The zero-order valence-corrected chi connectivity index (χ0v) is 83.8. The molecule has 2 N–H and O–H groups in total. The Hall–Kier alpha value is -2.50. The van der Waals surface area contributed by atoms with Crippen LogP contribution in [0, 0.1) is 10.8 Å². The summed E-state index contributed by atoms with van der Waals surface area (Å²) in [6.45, 7) is 43.8. The second-order valence-corrected chi connectivity index (χ2v) is 41.4. The molecule has 0 saturated heterocycles. The molecule has 0 aliphatic rings. The Morgan fingerprint density at radius 3 is 0.627 bits per heavy atom. The summed E-state index contributed by atoms with van der Waals surface area (Å²) in [5, 5.41) is 25.2. The molecule has 0 bridgehead atoms. The van der Waals surface area contributed by atoms with Gasteiger partial charge in [-0.05, 0) is 136 Å². The van der Waals surface area contributed by atoms with Crippen molar-refractivity contribution in [2.75, 3.05) is 0 Å². The van der Waals surface area contributed by atoms with Gasteiger partial charge in [0.25, 0.3) is 0 Å². The summed E-state index contributed by atoms with van der Waals surface area (Å²) in [6, 6.07) is 0. The van der Waals surface area contributed by atoms with Crippen molar-refractivity contribution >= 4 is 20.2 Å². The Morgan fingerprint density at radius 2 is 0.458 bits per heavy atom. The molecule has 2 atom stereocenters. The molecule has 0 aliphatic carbocycles. The number of hydrogen-bond donors (Lipinski definition) is 2. The van der Waals surface area contributed by atoms with Crippen molar-refractivity contribution in [2.24, 2.45) is 10.8 Å². The topological polar surface area (TPSA) is 172 Å². The van der Waals surface area contributed by atoms with Gasteiger partial charge in [0.15, 0.2) is 0 Å². The Balaban J connectivity index is 0.00000227. The van der Waals surface area contributed by atoms with Gasteiger partial charge in [-0.15, -0.1) is 26.3 Å². The van der Waals surface area contributed by atoms with Gasteiger partial charge in [-0.25, -0.2) is 16.8 Å². The average Bonchev–Trinajstić information content (AvgIpc) is 0.736. The van der Waals surface area contributed by atoms with Gasteiger partial charge >= 0.3 is 27.5 Å². The first-order valence-electron chi connectivity index (χ1n) is 50.0. The molecular formula is C106H190O9S2Zr. The minimum atomic E-state index is -4.87. The second-order valence-electron chi connectivity index (χ2n) is 38.8. The molecule has 9 nitrogen and oxygen atoms in total. The number of phenolic OH excluding ortho intramolecular Hbond substituents is 2. The molecule has 2 aromatic rings. The van der Waals surface area contributed by atoms with Gasteiger partial charge in [-0.1, -0.05) is 454 Å². The molecule has 0 amide bonds. The van der Waals surface area contributed by atoms with Crippen LogP contribution >= 0.6 is 0 Å². The number of benzene rings is 2. The maximum absolute atomic E-state index is 13.4. The molecule has 0 aliphatic heterocycles. The average molecular weight is 1760 g/mol. The summed E-state index contributed by atoms with van der Waals surface area (Å²) in [6.07, 6.45) is 85.5. The molecule has 0 spiro atoms. The van der Waals surface area contributed by atoms with E-state index in [2.05, 4.69) is 109 Å². The van der Waals surface area contributed by atoms with Crippen molar-refractivity contribution in [3.05, 3.63) is 95.1 Å². The van der Waals surface area contributed by atoms with Crippen LogP contribution in [-0.2, 0) is 97.1 Å². The van der Waals surface area contributed by atoms with Gasteiger partial charge in [0.2, 0.25) is 0 Å². The summed E-state index contributed by atoms with van der Waals surface area (Å²) in [4.78, 5) is -0.309. The van der Waals surface area contributed by atoms with Crippen molar-refractivity contribution in [3.8, 4) is 11.5 Å². The van der Waals surface area contributed by atoms with E-state index >= 15 is 0 Å². The molecule has 12 heteroatoms. The normalized spacial score (nSPS) is 13.1. The van der Waals surface area contributed by atoms with Crippen LogP contribution in [0.1, 0.15) is 539 Å². The molecule has 2 rings (SSSR count). The molecule has 2 aromatic carbocycles. The first kappa shape index (κ1) is 116. The molecule has 0 saturated carbocycles. The molecule has 2 unspecified atom stereocenters. The standard InChI is InChI=1S/2C53H96O4S.O.Zr/c2*1-9-14-17-20-23-26-28-31-34-37-41-46-47(42-38-35-32-29-27-24-21-18-15-10-2)51(58(55,56)57)48(40-12-4)50(54)49(46)53(43-13-5,45-52(6,7)8)44-39-36-33-30-25-22-19-16-11-3;;/h2*12-13,54H,4-5,9-11,14-45H2,1-3,6-8H3,(H,55,56,57);;/q;;;+2/p-2. The molecular weight excluding hydrogens is 1570 g/mol. The van der Waals surface area contributed by atoms with Crippen LogP contribution in [-0.4, -0.2) is 36.2 Å². The number of phenols is 2. The van der Waals surface area contributed by atoms with E-state index in [4.69, 9.17) is 2.81 Å². The van der Waals surface area contributed by atoms with E-state index in [9.17, 15) is 36.2 Å². The Bertz CT molecular complexity index is 2880. The van der Waals surface area contributed by atoms with Gasteiger partial charge < -0.3 is 19.3 Å². The van der Waals surface area contributed by atoms with Gasteiger partial charge in [-0.3, -0.25) is 0 Å². The van der Waals surface area contributed by atoms with E-state index in [1.54, 1.807) is 12.2 Å². The SMILES string of the molecule is C=CCc1c(O)c(C(CC=C)(CCCCCCCCCCC)CC(C)(C)C)c(CCCCCCCCCCCC)c(CCCCCCCCCCCC)c1S(=O)(=O)[O-].C=CCc1c(O)c(C(CC=C)(CCCCCCCCCCC)CC(C)(C)C)c(CCCCCCCCCCCC)c(CCCCCCCCCCCC)c1S(=O)(=O)[O-].[O]=[Zr+2]. The van der Waals surface area contributed by atoms with E-state index in [-0.39, 0.29) is 56.1 Å². The van der Waals surface area contributed by atoms with Gasteiger partial charge in [0, 0.05) is 33.1 Å². The van der Waals surface area contributed by atoms with Crippen molar-refractivity contribution in [1.29, 1.82) is 0 Å².